The van der Waals surface area contributed by atoms with E-state index in [9.17, 15) is 4.79 Å². The van der Waals surface area contributed by atoms with Crippen molar-refractivity contribution in [2.75, 3.05) is 6.54 Å². The fraction of sp³-hybridized carbons (Fsp3) is 0.292. The molecule has 2 aromatic heterocycles. The predicted molar refractivity (Wildman–Crippen MR) is 123 cm³/mol. The summed E-state index contributed by atoms with van der Waals surface area (Å²) in [6.07, 6.45) is 4.81. The summed E-state index contributed by atoms with van der Waals surface area (Å²) in [5.41, 5.74) is 4.87. The average Bonchev–Trinajstić information content (AvgIpc) is 3.55. The van der Waals surface area contributed by atoms with Crippen molar-refractivity contribution in [3.05, 3.63) is 75.9 Å². The van der Waals surface area contributed by atoms with Crippen LogP contribution in [0, 0.1) is 20.8 Å². The zero-order chi connectivity index (χ0) is 23.1. The average molecular weight is 463 g/mol. The van der Waals surface area contributed by atoms with Crippen LogP contribution in [0.5, 0.6) is 0 Å². The van der Waals surface area contributed by atoms with E-state index in [1.165, 1.54) is 4.80 Å². The van der Waals surface area contributed by atoms with Gasteiger partial charge in [-0.2, -0.15) is 20.0 Å². The van der Waals surface area contributed by atoms with Gasteiger partial charge in [0, 0.05) is 17.1 Å². The molecule has 3 heterocycles. The molecule has 1 aliphatic heterocycles. The molecule has 1 amide bonds. The Morgan fingerprint density at radius 3 is 2.73 bits per heavy atom. The first-order chi connectivity index (χ1) is 15.9. The van der Waals surface area contributed by atoms with E-state index < -0.39 is 0 Å². The van der Waals surface area contributed by atoms with E-state index in [1.54, 1.807) is 12.4 Å². The second-order valence-electron chi connectivity index (χ2n) is 8.32. The number of carbonyl (C=O) groups excluding carboxylic acids is 1. The van der Waals surface area contributed by atoms with E-state index in [-0.39, 0.29) is 11.9 Å². The molecule has 8 nitrogen and oxygen atoms in total. The Labute approximate surface area is 196 Å². The summed E-state index contributed by atoms with van der Waals surface area (Å²) in [4.78, 5) is 21.7. The maximum Gasteiger partial charge on any atom is 0.256 e. The lowest BCUT2D eigenvalue weighted by Crippen LogP contribution is -2.32. The number of benzene rings is 2. The second-order valence-corrected chi connectivity index (χ2v) is 8.73. The fourth-order valence-electron chi connectivity index (χ4n) is 4.47. The highest BCUT2D eigenvalue weighted by atomic mass is 35.5. The van der Waals surface area contributed by atoms with Crippen LogP contribution in [0.4, 0.5) is 0 Å². The van der Waals surface area contributed by atoms with E-state index >= 15 is 0 Å². The van der Waals surface area contributed by atoms with Gasteiger partial charge in [0.05, 0.1) is 18.0 Å². The van der Waals surface area contributed by atoms with Gasteiger partial charge >= 0.3 is 0 Å². The molecule has 33 heavy (non-hydrogen) atoms. The molecule has 0 spiro atoms. The highest BCUT2D eigenvalue weighted by Crippen LogP contribution is 2.35. The second kappa shape index (κ2) is 8.44. The first-order valence-corrected chi connectivity index (χ1v) is 11.2. The Morgan fingerprint density at radius 2 is 1.94 bits per heavy atom. The Bertz CT molecular complexity index is 1330. The molecule has 168 valence electrons. The molecule has 0 aliphatic carbocycles. The van der Waals surface area contributed by atoms with Gasteiger partial charge in [0.25, 0.3) is 5.91 Å². The van der Waals surface area contributed by atoms with Crippen molar-refractivity contribution < 1.29 is 9.32 Å². The van der Waals surface area contributed by atoms with Crippen molar-refractivity contribution in [1.82, 2.24) is 30.0 Å². The quantitative estimate of drug-likeness (QED) is 0.429. The highest BCUT2D eigenvalue weighted by Gasteiger charge is 2.36. The van der Waals surface area contributed by atoms with Crippen molar-refractivity contribution in [2.24, 2.45) is 0 Å². The first kappa shape index (κ1) is 21.3. The maximum absolute atomic E-state index is 13.8. The Morgan fingerprint density at radius 1 is 1.15 bits per heavy atom. The van der Waals surface area contributed by atoms with Gasteiger partial charge in [0.1, 0.15) is 11.7 Å². The van der Waals surface area contributed by atoms with E-state index in [2.05, 4.69) is 20.3 Å². The minimum Gasteiger partial charge on any atom is -0.337 e. The molecule has 1 aliphatic rings. The van der Waals surface area contributed by atoms with Crippen LogP contribution in [0.15, 0.2) is 47.2 Å². The normalized spacial score (nSPS) is 15.9. The standard InChI is InChI=1S/C24H23ClN6O2/c1-14-12-15(2)21(31-26-9-10-27-31)18(13-14)24(32)30-11-5-8-20(30)23-28-22(29-33-23)17-6-4-7-19(25)16(17)3/h4,6-7,9-10,12-13,20H,5,8,11H2,1-3H3. The molecule has 1 atom stereocenters. The van der Waals surface area contributed by atoms with Crippen molar-refractivity contribution in [2.45, 2.75) is 39.7 Å². The molecular formula is C24H23ClN6O2. The topological polar surface area (TPSA) is 89.9 Å². The summed E-state index contributed by atoms with van der Waals surface area (Å²) in [6, 6.07) is 9.21. The molecular weight excluding hydrogens is 440 g/mol. The van der Waals surface area contributed by atoms with Crippen LogP contribution in [0.3, 0.4) is 0 Å². The lowest BCUT2D eigenvalue weighted by atomic mass is 10.0. The molecule has 9 heteroatoms. The maximum atomic E-state index is 13.8. The molecule has 5 rings (SSSR count). The summed E-state index contributed by atoms with van der Waals surface area (Å²) in [5.74, 6) is 0.797. The summed E-state index contributed by atoms with van der Waals surface area (Å²) in [7, 11) is 0. The van der Waals surface area contributed by atoms with E-state index in [0.717, 1.165) is 35.1 Å². The fourth-order valence-corrected chi connectivity index (χ4v) is 4.65. The Balaban J connectivity index is 1.50. The number of hydrogen-bond acceptors (Lipinski definition) is 6. The molecule has 1 fully saturated rings. The molecule has 1 saturated heterocycles. The van der Waals surface area contributed by atoms with Gasteiger partial charge in [-0.1, -0.05) is 35.0 Å². The summed E-state index contributed by atoms with van der Waals surface area (Å²) in [5, 5.41) is 13.3. The van der Waals surface area contributed by atoms with Crippen molar-refractivity contribution >= 4 is 17.5 Å². The van der Waals surface area contributed by atoms with Gasteiger partial charge in [0.2, 0.25) is 11.7 Å². The third-order valence-electron chi connectivity index (χ3n) is 6.04. The van der Waals surface area contributed by atoms with Gasteiger partial charge in [-0.3, -0.25) is 4.79 Å². The van der Waals surface area contributed by atoms with E-state index in [4.69, 9.17) is 16.1 Å². The number of halogens is 1. The van der Waals surface area contributed by atoms with Crippen LogP contribution < -0.4 is 0 Å². The van der Waals surface area contributed by atoms with Gasteiger partial charge in [-0.25, -0.2) is 0 Å². The van der Waals surface area contributed by atoms with Crippen LogP contribution >= 0.6 is 11.6 Å². The summed E-state index contributed by atoms with van der Waals surface area (Å²) < 4.78 is 5.64. The van der Waals surface area contributed by atoms with Gasteiger partial charge in [-0.05, 0) is 62.4 Å². The number of aromatic nitrogens is 5. The monoisotopic (exact) mass is 462 g/mol. The highest BCUT2D eigenvalue weighted by molar-refractivity contribution is 6.31. The van der Waals surface area contributed by atoms with E-state index in [0.29, 0.717) is 34.5 Å². The molecule has 2 aromatic carbocycles. The summed E-state index contributed by atoms with van der Waals surface area (Å²) >= 11 is 6.26. The third kappa shape index (κ3) is 3.80. The number of rotatable bonds is 4. The lowest BCUT2D eigenvalue weighted by Gasteiger charge is -2.24. The lowest BCUT2D eigenvalue weighted by molar-refractivity contribution is 0.0709. The number of aryl methyl sites for hydroxylation is 2. The van der Waals surface area contributed by atoms with Crippen LogP contribution in [-0.2, 0) is 0 Å². The van der Waals surface area contributed by atoms with Crippen molar-refractivity contribution in [1.29, 1.82) is 0 Å². The summed E-state index contributed by atoms with van der Waals surface area (Å²) in [6.45, 7) is 6.46. The van der Waals surface area contributed by atoms with Crippen LogP contribution in [0.2, 0.25) is 5.02 Å². The van der Waals surface area contributed by atoms with Crippen molar-refractivity contribution in [3.8, 4) is 17.1 Å². The molecule has 0 N–H and O–H groups in total. The SMILES string of the molecule is Cc1cc(C)c(-n2nccn2)c(C(=O)N2CCCC2c2nc(-c3cccc(Cl)c3C)no2)c1. The van der Waals surface area contributed by atoms with Gasteiger partial charge in [0.15, 0.2) is 0 Å². The Kier molecular flexibility index (Phi) is 5.46. The van der Waals surface area contributed by atoms with Crippen LogP contribution in [0.1, 0.15) is 51.8 Å². The smallest absolute Gasteiger partial charge is 0.256 e. The molecule has 0 bridgehead atoms. The molecule has 0 saturated carbocycles. The number of amides is 1. The minimum absolute atomic E-state index is 0.102. The minimum atomic E-state index is -0.294. The van der Waals surface area contributed by atoms with Crippen LogP contribution in [-0.4, -0.2) is 42.5 Å². The Hall–Kier alpha value is -3.52. The number of hydrogen-bond donors (Lipinski definition) is 0. The third-order valence-corrected chi connectivity index (χ3v) is 6.45. The van der Waals surface area contributed by atoms with Gasteiger partial charge < -0.3 is 9.42 Å². The zero-order valence-electron chi connectivity index (χ0n) is 18.6. The number of carbonyl (C=O) groups is 1. The van der Waals surface area contributed by atoms with Crippen LogP contribution in [0.25, 0.3) is 17.1 Å². The largest absolute Gasteiger partial charge is 0.337 e. The number of nitrogens with zero attached hydrogens (tertiary/aromatic N) is 6. The predicted octanol–water partition coefficient (Wildman–Crippen LogP) is 4.87. The van der Waals surface area contributed by atoms with E-state index in [1.807, 2.05) is 56.0 Å². The zero-order valence-corrected chi connectivity index (χ0v) is 19.4. The molecule has 0 radical (unpaired) electrons. The van der Waals surface area contributed by atoms with Crippen molar-refractivity contribution in [3.63, 3.8) is 0 Å². The first-order valence-electron chi connectivity index (χ1n) is 10.8. The number of likely N-dealkylation sites (tertiary alicyclic amines) is 1. The van der Waals surface area contributed by atoms with Gasteiger partial charge in [-0.15, -0.1) is 0 Å². The molecule has 4 aromatic rings. The molecule has 1 unspecified atom stereocenters.